The van der Waals surface area contributed by atoms with Crippen LogP contribution in [0.15, 0.2) is 59.5 Å². The summed E-state index contributed by atoms with van der Waals surface area (Å²) in [6.45, 7) is 0. The fourth-order valence-corrected chi connectivity index (χ4v) is 2.04. The predicted molar refractivity (Wildman–Crippen MR) is 82.3 cm³/mol. The summed E-state index contributed by atoms with van der Waals surface area (Å²) in [7, 11) is 0. The molecule has 102 valence electrons. The van der Waals surface area contributed by atoms with Crippen LogP contribution in [0.3, 0.4) is 0 Å². The quantitative estimate of drug-likeness (QED) is 0.674. The summed E-state index contributed by atoms with van der Waals surface area (Å²) < 4.78 is 13.4. The fourth-order valence-electron chi connectivity index (χ4n) is 1.63. The standard InChI is InChI=1S/C16H14FNOS/c1-20-14-9-7-13(8-10-14)18-16(19)11-6-12-4-2-3-5-15(12)17/h2-11H,1H3,(H,18,19)/b11-6+. The van der Waals surface area contributed by atoms with Crippen LogP contribution in [0.5, 0.6) is 0 Å². The maximum Gasteiger partial charge on any atom is 0.248 e. The molecule has 0 fully saturated rings. The van der Waals surface area contributed by atoms with Crippen molar-refractivity contribution in [2.24, 2.45) is 0 Å². The smallest absolute Gasteiger partial charge is 0.248 e. The normalized spacial score (nSPS) is 10.7. The first-order chi connectivity index (χ1) is 9.69. The molecule has 1 N–H and O–H groups in total. The molecule has 0 bridgehead atoms. The molecular weight excluding hydrogens is 273 g/mol. The minimum absolute atomic E-state index is 0.287. The SMILES string of the molecule is CSc1ccc(NC(=O)/C=C/c2ccccc2F)cc1. The van der Waals surface area contributed by atoms with Gasteiger partial charge in [0.15, 0.2) is 0 Å². The molecule has 2 aromatic carbocycles. The molecule has 0 saturated carbocycles. The minimum Gasteiger partial charge on any atom is -0.323 e. The molecule has 0 heterocycles. The molecule has 0 atom stereocenters. The summed E-state index contributed by atoms with van der Waals surface area (Å²) in [6.07, 6.45) is 4.77. The van der Waals surface area contributed by atoms with E-state index in [0.29, 0.717) is 11.3 Å². The highest BCUT2D eigenvalue weighted by Crippen LogP contribution is 2.17. The van der Waals surface area contributed by atoms with Gasteiger partial charge in [0.25, 0.3) is 0 Å². The highest BCUT2D eigenvalue weighted by molar-refractivity contribution is 7.98. The van der Waals surface area contributed by atoms with Crippen LogP contribution >= 0.6 is 11.8 Å². The van der Waals surface area contributed by atoms with E-state index in [2.05, 4.69) is 5.32 Å². The van der Waals surface area contributed by atoms with Gasteiger partial charge in [-0.05, 0) is 42.7 Å². The zero-order chi connectivity index (χ0) is 14.4. The number of carbonyl (C=O) groups excluding carboxylic acids is 1. The molecular formula is C16H14FNOS. The van der Waals surface area contributed by atoms with Crippen molar-refractivity contribution in [3.05, 3.63) is 66.0 Å². The van der Waals surface area contributed by atoms with Crippen LogP contribution in [0.4, 0.5) is 10.1 Å². The second kappa shape index (κ2) is 6.91. The van der Waals surface area contributed by atoms with Gasteiger partial charge in [-0.2, -0.15) is 0 Å². The number of carbonyl (C=O) groups is 1. The van der Waals surface area contributed by atoms with Crippen molar-refractivity contribution < 1.29 is 9.18 Å². The Bertz CT molecular complexity index is 623. The van der Waals surface area contributed by atoms with Gasteiger partial charge in [-0.3, -0.25) is 4.79 Å². The van der Waals surface area contributed by atoms with E-state index >= 15 is 0 Å². The second-order valence-corrected chi connectivity index (χ2v) is 4.95. The van der Waals surface area contributed by atoms with E-state index in [1.54, 1.807) is 30.0 Å². The lowest BCUT2D eigenvalue weighted by atomic mass is 10.2. The Kier molecular flexibility index (Phi) is 4.96. The highest BCUT2D eigenvalue weighted by atomic mass is 32.2. The van der Waals surface area contributed by atoms with Crippen molar-refractivity contribution in [1.82, 2.24) is 0 Å². The number of amides is 1. The molecule has 0 saturated heterocycles. The van der Waals surface area contributed by atoms with Crippen molar-refractivity contribution >= 4 is 29.4 Å². The Labute approximate surface area is 121 Å². The van der Waals surface area contributed by atoms with Gasteiger partial charge >= 0.3 is 0 Å². The highest BCUT2D eigenvalue weighted by Gasteiger charge is 2.00. The van der Waals surface area contributed by atoms with Gasteiger partial charge in [0, 0.05) is 22.2 Å². The lowest BCUT2D eigenvalue weighted by Gasteiger charge is -2.03. The topological polar surface area (TPSA) is 29.1 Å². The molecule has 1 amide bonds. The van der Waals surface area contributed by atoms with Crippen LogP contribution in [0.25, 0.3) is 6.08 Å². The van der Waals surface area contributed by atoms with E-state index in [0.717, 1.165) is 4.90 Å². The molecule has 0 aliphatic heterocycles. The van der Waals surface area contributed by atoms with Crippen LogP contribution in [0, 0.1) is 5.82 Å². The molecule has 4 heteroatoms. The molecule has 20 heavy (non-hydrogen) atoms. The monoisotopic (exact) mass is 287 g/mol. The zero-order valence-electron chi connectivity index (χ0n) is 11.0. The van der Waals surface area contributed by atoms with Gasteiger partial charge in [0.1, 0.15) is 5.82 Å². The van der Waals surface area contributed by atoms with Gasteiger partial charge in [-0.1, -0.05) is 18.2 Å². The third kappa shape index (κ3) is 3.96. The maximum atomic E-state index is 13.4. The zero-order valence-corrected chi connectivity index (χ0v) is 11.8. The molecule has 0 spiro atoms. The van der Waals surface area contributed by atoms with Crippen molar-refractivity contribution in [2.75, 3.05) is 11.6 Å². The van der Waals surface area contributed by atoms with E-state index in [9.17, 15) is 9.18 Å². The average molecular weight is 287 g/mol. The minimum atomic E-state index is -0.346. The molecule has 2 nitrogen and oxygen atoms in total. The summed E-state index contributed by atoms with van der Waals surface area (Å²) in [6, 6.07) is 13.8. The van der Waals surface area contributed by atoms with E-state index in [1.807, 2.05) is 30.5 Å². The van der Waals surface area contributed by atoms with Crippen LogP contribution in [-0.2, 0) is 4.79 Å². The van der Waals surface area contributed by atoms with Gasteiger partial charge < -0.3 is 5.32 Å². The van der Waals surface area contributed by atoms with Gasteiger partial charge in [0.2, 0.25) is 5.91 Å². The van der Waals surface area contributed by atoms with Crippen LogP contribution in [0.2, 0.25) is 0 Å². The summed E-state index contributed by atoms with van der Waals surface area (Å²) in [4.78, 5) is 12.9. The first-order valence-corrected chi connectivity index (χ1v) is 7.29. The fraction of sp³-hybridized carbons (Fsp3) is 0.0625. The molecule has 0 aliphatic rings. The van der Waals surface area contributed by atoms with Crippen LogP contribution < -0.4 is 5.32 Å². The Morgan fingerprint density at radius 3 is 2.50 bits per heavy atom. The molecule has 0 aliphatic carbocycles. The number of benzene rings is 2. The third-order valence-electron chi connectivity index (χ3n) is 2.68. The van der Waals surface area contributed by atoms with Gasteiger partial charge in [-0.25, -0.2) is 4.39 Å². The number of anilines is 1. The van der Waals surface area contributed by atoms with Crippen molar-refractivity contribution in [3.8, 4) is 0 Å². The lowest BCUT2D eigenvalue weighted by Crippen LogP contribution is -2.07. The number of rotatable bonds is 4. The molecule has 2 rings (SSSR count). The summed E-state index contributed by atoms with van der Waals surface area (Å²) in [5, 5.41) is 2.73. The van der Waals surface area contributed by atoms with Crippen molar-refractivity contribution in [3.63, 3.8) is 0 Å². The molecule has 0 radical (unpaired) electrons. The van der Waals surface area contributed by atoms with E-state index in [-0.39, 0.29) is 11.7 Å². The average Bonchev–Trinajstić information content (AvgIpc) is 2.47. The summed E-state index contributed by atoms with van der Waals surface area (Å²) in [5.74, 6) is -0.633. The Morgan fingerprint density at radius 2 is 1.85 bits per heavy atom. The van der Waals surface area contributed by atoms with E-state index in [1.165, 1.54) is 18.2 Å². The maximum absolute atomic E-state index is 13.4. The van der Waals surface area contributed by atoms with Gasteiger partial charge in [0.05, 0.1) is 0 Å². The third-order valence-corrected chi connectivity index (χ3v) is 3.42. The number of thioether (sulfide) groups is 1. The van der Waals surface area contributed by atoms with Gasteiger partial charge in [-0.15, -0.1) is 11.8 Å². The largest absolute Gasteiger partial charge is 0.323 e. The number of hydrogen-bond donors (Lipinski definition) is 1. The Hall–Kier alpha value is -2.07. The summed E-state index contributed by atoms with van der Waals surface area (Å²) in [5.41, 5.74) is 1.10. The second-order valence-electron chi connectivity index (χ2n) is 4.07. The Morgan fingerprint density at radius 1 is 1.15 bits per heavy atom. The van der Waals surface area contributed by atoms with E-state index in [4.69, 9.17) is 0 Å². The molecule has 0 unspecified atom stereocenters. The van der Waals surface area contributed by atoms with Crippen LogP contribution in [-0.4, -0.2) is 12.2 Å². The van der Waals surface area contributed by atoms with Crippen molar-refractivity contribution in [2.45, 2.75) is 4.90 Å². The first-order valence-electron chi connectivity index (χ1n) is 6.06. The molecule has 0 aromatic heterocycles. The van der Waals surface area contributed by atoms with E-state index < -0.39 is 0 Å². The Balaban J connectivity index is 2.00. The number of hydrogen-bond acceptors (Lipinski definition) is 2. The number of nitrogens with one attached hydrogen (secondary N) is 1. The first kappa shape index (κ1) is 14.3. The van der Waals surface area contributed by atoms with Crippen molar-refractivity contribution in [1.29, 1.82) is 0 Å². The predicted octanol–water partition coefficient (Wildman–Crippen LogP) is 4.20. The molecule has 2 aromatic rings. The summed E-state index contributed by atoms with van der Waals surface area (Å²) >= 11 is 1.64. The lowest BCUT2D eigenvalue weighted by molar-refractivity contribution is -0.111. The number of halogens is 1. The van der Waals surface area contributed by atoms with Crippen LogP contribution in [0.1, 0.15) is 5.56 Å².